The van der Waals surface area contributed by atoms with Crippen LogP contribution in [0.15, 0.2) is 51.9 Å². The molecule has 2 fully saturated rings. The van der Waals surface area contributed by atoms with E-state index in [9.17, 15) is 14.7 Å². The average Bonchev–Trinajstić information content (AvgIpc) is 2.72. The van der Waals surface area contributed by atoms with Crippen molar-refractivity contribution < 1.29 is 19.1 Å². The molecule has 1 N–H and O–H groups in total. The molecule has 28 heavy (non-hydrogen) atoms. The summed E-state index contributed by atoms with van der Waals surface area (Å²) in [6.07, 6.45) is 5.64. The molecule has 2 aliphatic rings. The van der Waals surface area contributed by atoms with Gasteiger partial charge in [0.2, 0.25) is 11.2 Å². The Morgan fingerprint density at radius 3 is 2.86 bits per heavy atom. The van der Waals surface area contributed by atoms with E-state index in [-0.39, 0.29) is 35.4 Å². The van der Waals surface area contributed by atoms with Gasteiger partial charge < -0.3 is 19.2 Å². The SMILES string of the molecule is O=C(c1cc(=O)c(OCc2ccccc2)co1)N1CC[C@@]2(O)CCCC[C@@H]2C1. The third-order valence-corrected chi connectivity index (χ3v) is 5.96. The van der Waals surface area contributed by atoms with Gasteiger partial charge in [0.25, 0.3) is 5.91 Å². The highest BCUT2D eigenvalue weighted by molar-refractivity contribution is 5.91. The third kappa shape index (κ3) is 3.83. The first-order valence-electron chi connectivity index (χ1n) is 9.86. The number of nitrogens with zero attached hydrogens (tertiary/aromatic N) is 1. The topological polar surface area (TPSA) is 80.0 Å². The number of rotatable bonds is 4. The van der Waals surface area contributed by atoms with Crippen molar-refractivity contribution in [3.63, 3.8) is 0 Å². The van der Waals surface area contributed by atoms with E-state index in [1.165, 1.54) is 12.3 Å². The summed E-state index contributed by atoms with van der Waals surface area (Å²) < 4.78 is 10.9. The van der Waals surface area contributed by atoms with Gasteiger partial charge in [0.1, 0.15) is 12.9 Å². The molecule has 0 spiro atoms. The third-order valence-electron chi connectivity index (χ3n) is 5.96. The van der Waals surface area contributed by atoms with Gasteiger partial charge >= 0.3 is 0 Å². The molecule has 4 rings (SSSR count). The Balaban J connectivity index is 1.42. The highest BCUT2D eigenvalue weighted by Crippen LogP contribution is 2.40. The summed E-state index contributed by atoms with van der Waals surface area (Å²) in [5, 5.41) is 10.8. The molecule has 1 saturated carbocycles. The lowest BCUT2D eigenvalue weighted by Gasteiger charge is -2.47. The molecule has 6 nitrogen and oxygen atoms in total. The molecule has 0 bridgehead atoms. The number of hydrogen-bond acceptors (Lipinski definition) is 5. The average molecular weight is 383 g/mol. The maximum Gasteiger partial charge on any atom is 0.289 e. The van der Waals surface area contributed by atoms with E-state index in [4.69, 9.17) is 9.15 Å². The predicted molar refractivity (Wildman–Crippen MR) is 103 cm³/mol. The fraction of sp³-hybridized carbons (Fsp3) is 0.455. The highest BCUT2D eigenvalue weighted by Gasteiger charge is 2.44. The molecule has 1 aliphatic carbocycles. The van der Waals surface area contributed by atoms with Crippen LogP contribution in [0, 0.1) is 5.92 Å². The van der Waals surface area contributed by atoms with Gasteiger partial charge in [-0.2, -0.15) is 0 Å². The molecule has 2 aromatic rings. The van der Waals surface area contributed by atoms with E-state index in [1.807, 2.05) is 30.3 Å². The second-order valence-electron chi connectivity index (χ2n) is 7.79. The van der Waals surface area contributed by atoms with Crippen LogP contribution in [0.4, 0.5) is 0 Å². The summed E-state index contributed by atoms with van der Waals surface area (Å²) in [5.74, 6) is -0.113. The van der Waals surface area contributed by atoms with Crippen molar-refractivity contribution in [2.45, 2.75) is 44.3 Å². The van der Waals surface area contributed by atoms with Crippen LogP contribution in [0.2, 0.25) is 0 Å². The fourth-order valence-corrected chi connectivity index (χ4v) is 4.26. The van der Waals surface area contributed by atoms with Crippen molar-refractivity contribution in [2.75, 3.05) is 13.1 Å². The molecule has 2 heterocycles. The molecule has 1 aromatic heterocycles. The maximum absolute atomic E-state index is 12.8. The molecule has 148 valence electrons. The van der Waals surface area contributed by atoms with E-state index in [2.05, 4.69) is 0 Å². The van der Waals surface area contributed by atoms with E-state index >= 15 is 0 Å². The molecular weight excluding hydrogens is 358 g/mol. The van der Waals surface area contributed by atoms with Crippen LogP contribution in [-0.4, -0.2) is 34.6 Å². The van der Waals surface area contributed by atoms with Gasteiger partial charge in [-0.1, -0.05) is 43.2 Å². The smallest absolute Gasteiger partial charge is 0.289 e. The van der Waals surface area contributed by atoms with Gasteiger partial charge in [-0.25, -0.2) is 0 Å². The number of likely N-dealkylation sites (tertiary alicyclic amines) is 1. The van der Waals surface area contributed by atoms with Crippen molar-refractivity contribution >= 4 is 5.91 Å². The molecule has 2 atom stereocenters. The van der Waals surface area contributed by atoms with Gasteiger partial charge in [-0.15, -0.1) is 0 Å². The van der Waals surface area contributed by atoms with Gasteiger partial charge in [0.05, 0.1) is 5.60 Å². The van der Waals surface area contributed by atoms with Crippen LogP contribution in [0.3, 0.4) is 0 Å². The molecule has 0 unspecified atom stereocenters. The van der Waals surface area contributed by atoms with Crippen molar-refractivity contribution in [3.05, 3.63) is 64.2 Å². The van der Waals surface area contributed by atoms with Gasteiger partial charge in [0.15, 0.2) is 5.76 Å². The predicted octanol–water partition coefficient (Wildman–Crippen LogP) is 2.99. The number of piperidine rings is 1. The second-order valence-corrected chi connectivity index (χ2v) is 7.79. The van der Waals surface area contributed by atoms with E-state index in [0.717, 1.165) is 31.2 Å². The van der Waals surface area contributed by atoms with E-state index < -0.39 is 5.60 Å². The zero-order chi connectivity index (χ0) is 19.6. The Bertz CT molecular complexity index is 893. The molecule has 1 saturated heterocycles. The normalized spacial score (nSPS) is 24.5. The summed E-state index contributed by atoms with van der Waals surface area (Å²) >= 11 is 0. The number of carbonyl (C=O) groups excluding carboxylic acids is 1. The Labute approximate surface area is 163 Å². The summed E-state index contributed by atoms with van der Waals surface area (Å²) in [4.78, 5) is 26.8. The number of hydrogen-bond donors (Lipinski definition) is 1. The first kappa shape index (κ1) is 18.7. The van der Waals surface area contributed by atoms with Crippen molar-refractivity contribution in [3.8, 4) is 5.75 Å². The summed E-state index contributed by atoms with van der Waals surface area (Å²) in [5.41, 5.74) is -0.0857. The monoisotopic (exact) mass is 383 g/mol. The Kier molecular flexibility index (Phi) is 5.22. The van der Waals surface area contributed by atoms with Crippen LogP contribution >= 0.6 is 0 Å². The lowest BCUT2D eigenvalue weighted by Crippen LogP contribution is -2.54. The van der Waals surface area contributed by atoms with Gasteiger partial charge in [-0.3, -0.25) is 9.59 Å². The summed E-state index contributed by atoms with van der Waals surface area (Å²) in [6.45, 7) is 1.23. The first-order chi connectivity index (χ1) is 13.5. The molecule has 1 aromatic carbocycles. The Morgan fingerprint density at radius 2 is 2.07 bits per heavy atom. The summed E-state index contributed by atoms with van der Waals surface area (Å²) in [6, 6.07) is 10.7. The molecule has 1 amide bonds. The lowest BCUT2D eigenvalue weighted by atomic mass is 9.71. The van der Waals surface area contributed by atoms with Crippen LogP contribution < -0.4 is 10.2 Å². The zero-order valence-electron chi connectivity index (χ0n) is 15.8. The largest absolute Gasteiger partial charge is 0.482 e. The number of carbonyl (C=O) groups is 1. The van der Waals surface area contributed by atoms with Crippen LogP contribution in [0.5, 0.6) is 5.75 Å². The highest BCUT2D eigenvalue weighted by atomic mass is 16.5. The number of aliphatic hydroxyl groups is 1. The number of ether oxygens (including phenoxy) is 1. The molecule has 6 heteroatoms. The number of fused-ring (bicyclic) bond motifs is 1. The van der Waals surface area contributed by atoms with Gasteiger partial charge in [-0.05, 0) is 24.8 Å². The Hall–Kier alpha value is -2.60. The lowest BCUT2D eigenvalue weighted by molar-refractivity contribution is -0.0889. The minimum atomic E-state index is -0.648. The summed E-state index contributed by atoms with van der Waals surface area (Å²) in [7, 11) is 0. The quantitative estimate of drug-likeness (QED) is 0.878. The van der Waals surface area contributed by atoms with Crippen LogP contribution in [-0.2, 0) is 6.61 Å². The number of amides is 1. The van der Waals surface area contributed by atoms with Crippen LogP contribution in [0.1, 0.15) is 48.2 Å². The van der Waals surface area contributed by atoms with Crippen molar-refractivity contribution in [1.29, 1.82) is 0 Å². The van der Waals surface area contributed by atoms with E-state index in [0.29, 0.717) is 19.5 Å². The number of benzene rings is 1. The molecular formula is C22H25NO5. The van der Waals surface area contributed by atoms with Crippen molar-refractivity contribution in [1.82, 2.24) is 4.90 Å². The van der Waals surface area contributed by atoms with E-state index in [1.54, 1.807) is 4.90 Å². The minimum Gasteiger partial charge on any atom is -0.482 e. The second kappa shape index (κ2) is 7.80. The fourth-order valence-electron chi connectivity index (χ4n) is 4.26. The first-order valence-corrected chi connectivity index (χ1v) is 9.86. The van der Waals surface area contributed by atoms with Crippen molar-refractivity contribution in [2.24, 2.45) is 5.92 Å². The van der Waals surface area contributed by atoms with Gasteiger partial charge in [0, 0.05) is 25.1 Å². The molecule has 1 aliphatic heterocycles. The molecule has 0 radical (unpaired) electrons. The zero-order valence-corrected chi connectivity index (χ0v) is 15.8. The minimum absolute atomic E-state index is 0.0123. The maximum atomic E-state index is 12.8. The van der Waals surface area contributed by atoms with Crippen LogP contribution in [0.25, 0.3) is 0 Å². The standard InChI is InChI=1S/C22H25NO5/c24-18-12-19(28-15-20(18)27-14-16-6-2-1-3-7-16)21(25)23-11-10-22(26)9-5-4-8-17(22)13-23/h1-3,6-7,12,15,17,26H,4-5,8-11,13-14H2/t17-,22+/m1/s1. The Morgan fingerprint density at radius 1 is 1.25 bits per heavy atom.